The van der Waals surface area contributed by atoms with E-state index in [1.165, 1.54) is 16.8 Å². The molecule has 7 nitrogen and oxygen atoms in total. The lowest BCUT2D eigenvalue weighted by Gasteiger charge is -2.37. The molecule has 1 atom stereocenters. The summed E-state index contributed by atoms with van der Waals surface area (Å²) in [5.41, 5.74) is 5.74. The van der Waals surface area contributed by atoms with Crippen LogP contribution in [0.4, 0.5) is 0 Å². The Morgan fingerprint density at radius 1 is 1.35 bits per heavy atom. The number of hydrogen-bond acceptors (Lipinski definition) is 5. The number of aromatic nitrogens is 2. The zero-order chi connectivity index (χ0) is 14.8. The highest BCUT2D eigenvalue weighted by atomic mass is 32.2. The number of rotatable bonds is 5. The van der Waals surface area contributed by atoms with E-state index in [0.29, 0.717) is 25.7 Å². The summed E-state index contributed by atoms with van der Waals surface area (Å²) in [5, 5.41) is 0.124. The fraction of sp³-hybridized carbons (Fsp3) is 0.750. The quantitative estimate of drug-likeness (QED) is 0.790. The van der Waals surface area contributed by atoms with Gasteiger partial charge in [-0.15, -0.1) is 0 Å². The molecule has 0 amide bonds. The van der Waals surface area contributed by atoms with Crippen LogP contribution in [0.2, 0.25) is 0 Å². The van der Waals surface area contributed by atoms with Crippen LogP contribution in [0.1, 0.15) is 13.3 Å². The maximum Gasteiger partial charge on any atom is 0.262 e. The van der Waals surface area contributed by atoms with Crippen molar-refractivity contribution in [3.05, 3.63) is 12.5 Å². The van der Waals surface area contributed by atoms with Gasteiger partial charge in [0.15, 0.2) is 5.03 Å². The molecule has 2 N–H and O–H groups in total. The Morgan fingerprint density at radius 3 is 2.45 bits per heavy atom. The van der Waals surface area contributed by atoms with Gasteiger partial charge < -0.3 is 10.3 Å². The van der Waals surface area contributed by atoms with Crippen molar-refractivity contribution in [2.45, 2.75) is 24.4 Å². The van der Waals surface area contributed by atoms with Gasteiger partial charge in [-0.3, -0.25) is 4.90 Å². The molecule has 1 fully saturated rings. The molecule has 1 saturated heterocycles. The van der Waals surface area contributed by atoms with Crippen LogP contribution < -0.4 is 5.73 Å². The zero-order valence-corrected chi connectivity index (χ0v) is 12.9. The highest BCUT2D eigenvalue weighted by Crippen LogP contribution is 2.17. The molecule has 0 bridgehead atoms. The largest absolute Gasteiger partial charge is 0.339 e. The standard InChI is InChI=1S/C12H23N5O2S/c1-3-11(8-13)16-4-6-17(7-5-16)20(18,19)12-9-15(2)10-14-12/h9-11H,3-8,13H2,1-2H3. The zero-order valence-electron chi connectivity index (χ0n) is 12.1. The van der Waals surface area contributed by atoms with Crippen LogP contribution in [0.25, 0.3) is 0 Å². The maximum atomic E-state index is 12.4. The molecule has 0 aliphatic carbocycles. The summed E-state index contributed by atoms with van der Waals surface area (Å²) in [5.74, 6) is 0. The summed E-state index contributed by atoms with van der Waals surface area (Å²) in [6.07, 6.45) is 4.03. The van der Waals surface area contributed by atoms with Gasteiger partial charge in [0.05, 0.1) is 6.33 Å². The first-order valence-corrected chi connectivity index (χ1v) is 8.35. The van der Waals surface area contributed by atoms with Crippen LogP contribution in [0.15, 0.2) is 17.6 Å². The van der Waals surface area contributed by atoms with E-state index in [2.05, 4.69) is 16.8 Å². The molecule has 1 aromatic heterocycles. The molecular formula is C12H23N5O2S. The third kappa shape index (κ3) is 3.03. The van der Waals surface area contributed by atoms with Gasteiger partial charge >= 0.3 is 0 Å². The van der Waals surface area contributed by atoms with Crippen LogP contribution in [0.5, 0.6) is 0 Å². The van der Waals surface area contributed by atoms with Crippen LogP contribution in [-0.4, -0.2) is 65.9 Å². The van der Waals surface area contributed by atoms with Gasteiger partial charge in [-0.05, 0) is 6.42 Å². The summed E-state index contributed by atoms with van der Waals surface area (Å²) in [7, 11) is -1.70. The van der Waals surface area contributed by atoms with Crippen molar-refractivity contribution >= 4 is 10.0 Å². The van der Waals surface area contributed by atoms with Crippen molar-refractivity contribution in [1.82, 2.24) is 18.8 Å². The topological polar surface area (TPSA) is 84.5 Å². The SMILES string of the molecule is CCC(CN)N1CCN(S(=O)(=O)c2cn(C)cn2)CC1. The van der Waals surface area contributed by atoms with Gasteiger partial charge in [-0.2, -0.15) is 4.31 Å². The van der Waals surface area contributed by atoms with E-state index in [-0.39, 0.29) is 5.03 Å². The third-order valence-corrected chi connectivity index (χ3v) is 5.60. The second kappa shape index (κ2) is 6.21. The number of imidazole rings is 1. The number of piperazine rings is 1. The summed E-state index contributed by atoms with van der Waals surface area (Å²) < 4.78 is 28.0. The van der Waals surface area contributed by atoms with Gasteiger partial charge in [-0.25, -0.2) is 13.4 Å². The van der Waals surface area contributed by atoms with Crippen LogP contribution in [-0.2, 0) is 17.1 Å². The first-order chi connectivity index (χ1) is 9.48. The van der Waals surface area contributed by atoms with Crippen molar-refractivity contribution in [2.24, 2.45) is 12.8 Å². The monoisotopic (exact) mass is 301 g/mol. The minimum absolute atomic E-state index is 0.124. The van der Waals surface area contributed by atoms with Crippen molar-refractivity contribution in [3.8, 4) is 0 Å². The molecule has 0 radical (unpaired) electrons. The Bertz CT molecular complexity index is 530. The Kier molecular flexibility index (Phi) is 4.79. The summed E-state index contributed by atoms with van der Waals surface area (Å²) in [6.45, 7) is 5.16. The minimum Gasteiger partial charge on any atom is -0.339 e. The predicted octanol–water partition coefficient (Wildman–Crippen LogP) is -0.536. The molecule has 1 aliphatic heterocycles. The Hall–Kier alpha value is -0.960. The van der Waals surface area contributed by atoms with E-state index in [9.17, 15) is 8.42 Å². The molecule has 1 aliphatic rings. The van der Waals surface area contributed by atoms with Crippen LogP contribution in [0.3, 0.4) is 0 Å². The number of aryl methyl sites for hydroxylation is 1. The summed E-state index contributed by atoms with van der Waals surface area (Å²) in [6, 6.07) is 0.342. The maximum absolute atomic E-state index is 12.4. The number of hydrogen-bond donors (Lipinski definition) is 1. The fourth-order valence-electron chi connectivity index (χ4n) is 2.54. The summed E-state index contributed by atoms with van der Waals surface area (Å²) in [4.78, 5) is 6.22. The van der Waals surface area contributed by atoms with Gasteiger partial charge in [-0.1, -0.05) is 6.92 Å². The Labute approximate surface area is 120 Å². The number of nitrogens with zero attached hydrogens (tertiary/aromatic N) is 4. The van der Waals surface area contributed by atoms with E-state index in [1.807, 2.05) is 0 Å². The minimum atomic E-state index is -3.46. The normalized spacial score (nSPS) is 20.1. The molecule has 1 aromatic rings. The molecule has 20 heavy (non-hydrogen) atoms. The number of nitrogens with two attached hydrogens (primary N) is 1. The van der Waals surface area contributed by atoms with E-state index < -0.39 is 10.0 Å². The highest BCUT2D eigenvalue weighted by Gasteiger charge is 2.31. The Balaban J connectivity index is 2.03. The van der Waals surface area contributed by atoms with Crippen LogP contribution >= 0.6 is 0 Å². The molecular weight excluding hydrogens is 278 g/mol. The average molecular weight is 301 g/mol. The lowest BCUT2D eigenvalue weighted by Crippen LogP contribution is -2.53. The average Bonchev–Trinajstić information content (AvgIpc) is 2.88. The summed E-state index contributed by atoms with van der Waals surface area (Å²) >= 11 is 0. The molecule has 0 spiro atoms. The molecule has 114 valence electrons. The van der Waals surface area contributed by atoms with Gasteiger partial charge in [0.2, 0.25) is 0 Å². The fourth-order valence-corrected chi connectivity index (χ4v) is 3.93. The van der Waals surface area contributed by atoms with Crippen molar-refractivity contribution < 1.29 is 8.42 Å². The first kappa shape index (κ1) is 15.4. The van der Waals surface area contributed by atoms with E-state index >= 15 is 0 Å². The van der Waals surface area contributed by atoms with E-state index in [1.54, 1.807) is 11.6 Å². The molecule has 8 heteroatoms. The lowest BCUT2D eigenvalue weighted by atomic mass is 10.1. The van der Waals surface area contributed by atoms with Gasteiger partial charge in [0.1, 0.15) is 0 Å². The molecule has 0 aromatic carbocycles. The van der Waals surface area contributed by atoms with Gasteiger partial charge in [0.25, 0.3) is 10.0 Å². The van der Waals surface area contributed by atoms with Crippen LogP contribution in [0, 0.1) is 0 Å². The highest BCUT2D eigenvalue weighted by molar-refractivity contribution is 7.89. The lowest BCUT2D eigenvalue weighted by molar-refractivity contribution is 0.137. The van der Waals surface area contributed by atoms with Gasteiger partial charge in [0, 0.05) is 52.0 Å². The molecule has 0 saturated carbocycles. The van der Waals surface area contributed by atoms with E-state index in [4.69, 9.17) is 5.73 Å². The molecule has 2 rings (SSSR count). The first-order valence-electron chi connectivity index (χ1n) is 6.91. The Morgan fingerprint density at radius 2 is 2.00 bits per heavy atom. The molecule has 2 heterocycles. The third-order valence-electron chi connectivity index (χ3n) is 3.82. The van der Waals surface area contributed by atoms with Crippen molar-refractivity contribution in [1.29, 1.82) is 0 Å². The van der Waals surface area contributed by atoms with Crippen molar-refractivity contribution in [2.75, 3.05) is 32.7 Å². The second-order valence-corrected chi connectivity index (χ2v) is 7.00. The number of sulfonamides is 1. The molecule has 1 unspecified atom stereocenters. The van der Waals surface area contributed by atoms with Crippen molar-refractivity contribution in [3.63, 3.8) is 0 Å². The predicted molar refractivity (Wildman–Crippen MR) is 76.7 cm³/mol. The second-order valence-electron chi connectivity index (χ2n) is 5.12. The van der Waals surface area contributed by atoms with E-state index in [0.717, 1.165) is 19.5 Å². The smallest absolute Gasteiger partial charge is 0.262 e.